The van der Waals surface area contributed by atoms with Crippen LogP contribution in [0.5, 0.6) is 0 Å². The van der Waals surface area contributed by atoms with Gasteiger partial charge in [0.25, 0.3) is 10.1 Å². The number of carbonyl (C=O) groups is 3. The van der Waals surface area contributed by atoms with Crippen LogP contribution in [-0.2, 0) is 61.7 Å². The molecule has 0 radical (unpaired) electrons. The Labute approximate surface area is 847 Å². The largest absolute Gasteiger partial charge is 0.411 e. The fraction of sp³-hybridized carbons (Fsp3) is 0.745. The lowest BCUT2D eigenvalue weighted by molar-refractivity contribution is -0.128. The highest BCUT2D eigenvalue weighted by Gasteiger charge is 2.70. The molecule has 14 nitrogen and oxygen atoms in total. The van der Waals surface area contributed by atoms with Gasteiger partial charge < -0.3 is 25.2 Å². The normalized spacial score (nSPS) is 35.6. The van der Waals surface area contributed by atoms with Gasteiger partial charge in [-0.25, -0.2) is 0 Å². The van der Waals surface area contributed by atoms with Crippen LogP contribution >= 0.6 is 104 Å². The first-order valence-electron chi connectivity index (χ1n) is 50.7. The molecule has 4 aromatic rings. The Bertz CT molecular complexity index is 4610. The molecule has 14 aliphatic carbocycles. The van der Waals surface area contributed by atoms with Crippen molar-refractivity contribution in [2.24, 2.45) is 128 Å². The Morgan fingerprint density at radius 3 is 1.05 bits per heavy atom. The van der Waals surface area contributed by atoms with Crippen molar-refractivity contribution >= 4 is 137 Å². The van der Waals surface area contributed by atoms with E-state index in [1.165, 1.54) is 117 Å². The summed E-state index contributed by atoms with van der Waals surface area (Å²) < 4.78 is 47.1. The van der Waals surface area contributed by atoms with Crippen LogP contribution in [0, 0.1) is 117 Å². The van der Waals surface area contributed by atoms with Gasteiger partial charge >= 0.3 is 0 Å². The Morgan fingerprint density at radius 2 is 0.729 bits per heavy atom. The van der Waals surface area contributed by atoms with E-state index in [4.69, 9.17) is 37.1 Å². The summed E-state index contributed by atoms with van der Waals surface area (Å²) in [5.41, 5.74) is 15.5. The third kappa shape index (κ3) is 21.2. The first-order chi connectivity index (χ1) is 63.1. The minimum Gasteiger partial charge on any atom is -0.411 e. The van der Waals surface area contributed by atoms with E-state index in [9.17, 15) is 28.0 Å². The molecule has 0 spiro atoms. The van der Waals surface area contributed by atoms with Crippen molar-refractivity contribution in [2.45, 2.75) is 273 Å². The van der Waals surface area contributed by atoms with Crippen LogP contribution in [0.3, 0.4) is 0 Å². The zero-order chi connectivity index (χ0) is 96.0. The molecule has 2 heterocycles. The number of Topliss-reactive ketones (excluding diaryl/α,β-unsaturated/α-hetero) is 3. The number of alkyl halides is 2. The molecule has 20 rings (SSSR count). The van der Waals surface area contributed by atoms with Crippen LogP contribution in [0.15, 0.2) is 126 Å². The molecule has 23 heteroatoms. The van der Waals surface area contributed by atoms with Crippen molar-refractivity contribution in [2.75, 3.05) is 117 Å². The third-order valence-corrected chi connectivity index (χ3v) is 47.8. The van der Waals surface area contributed by atoms with E-state index >= 15 is 0 Å². The lowest BCUT2D eigenvalue weighted by Crippen LogP contribution is -2.53. The van der Waals surface area contributed by atoms with Gasteiger partial charge in [-0.2, -0.15) is 80.7 Å². The fourth-order valence-corrected chi connectivity index (χ4v) is 39.5. The van der Waals surface area contributed by atoms with E-state index in [0.29, 0.717) is 80.7 Å². The average molecular weight is 2090 g/mol. The second kappa shape index (κ2) is 44.8. The smallest absolute Gasteiger partial charge is 0.265 e. The summed E-state index contributed by atoms with van der Waals surface area (Å²) in [4.78, 5) is 41.5. The van der Waals surface area contributed by atoms with Gasteiger partial charge in [-0.15, -0.1) is 0 Å². The number of halogens is 2. The zero-order valence-corrected chi connectivity index (χ0v) is 92.2. The molecule has 17 unspecified atom stereocenters. The van der Waals surface area contributed by atoms with E-state index in [0.717, 1.165) is 197 Å². The van der Waals surface area contributed by atoms with Crippen molar-refractivity contribution in [3.05, 3.63) is 144 Å². The van der Waals surface area contributed by atoms with Gasteiger partial charge in [-0.3, -0.25) is 28.7 Å². The monoisotopic (exact) mass is 2080 g/mol. The van der Waals surface area contributed by atoms with E-state index in [1.54, 1.807) is 0 Å². The lowest BCUT2D eigenvalue weighted by Gasteiger charge is -2.48. The number of carbonyl (C=O) groups excluding carboxylic acids is 3. The third-order valence-electron chi connectivity index (χ3n) is 40.2. The Balaban J connectivity index is 0.000000131. The molecule has 0 amide bonds. The molecular weight excluding hydrogens is 1920 g/mol. The molecule has 133 heavy (non-hydrogen) atoms. The number of thioether (sulfide) groups is 4. The second-order valence-electron chi connectivity index (χ2n) is 46.7. The number of nitrogens with two attached hydrogens (primary N) is 1. The van der Waals surface area contributed by atoms with E-state index in [2.05, 4.69) is 287 Å². The minimum atomic E-state index is -4.08. The van der Waals surface area contributed by atoms with Crippen molar-refractivity contribution in [1.29, 1.82) is 0 Å². The Kier molecular flexibility index (Phi) is 36.5. The van der Waals surface area contributed by atoms with Gasteiger partial charge in [-0.1, -0.05) is 255 Å². The van der Waals surface area contributed by atoms with Gasteiger partial charge in [0.15, 0.2) is 0 Å². The Hall–Kier alpha value is -1.91. The number of fused-ring (bicyclic) bond motifs is 14. The van der Waals surface area contributed by atoms with Crippen LogP contribution in [-0.4, -0.2) is 186 Å². The summed E-state index contributed by atoms with van der Waals surface area (Å²) >= 11 is 23.7. The topological polar surface area (TPSA) is 198 Å². The van der Waals surface area contributed by atoms with Crippen molar-refractivity contribution in [1.82, 2.24) is 9.80 Å². The summed E-state index contributed by atoms with van der Waals surface area (Å²) in [5.74, 6) is 16.3. The molecule has 16 aliphatic rings. The second-order valence-corrected chi connectivity index (χ2v) is 54.3. The number of benzene rings is 4. The van der Waals surface area contributed by atoms with Crippen molar-refractivity contribution in [3.63, 3.8) is 0 Å². The van der Waals surface area contributed by atoms with Gasteiger partial charge in [0.1, 0.15) is 17.3 Å². The molecule has 4 aromatic carbocycles. The maximum Gasteiger partial charge on any atom is 0.265 e. The van der Waals surface area contributed by atoms with Gasteiger partial charge in [0.2, 0.25) is 0 Å². The number of thiol groups is 2. The molecule has 742 valence electrons. The van der Waals surface area contributed by atoms with Gasteiger partial charge in [-0.05, 0) is 228 Å². The molecular formula is C110H166Br2N4O10S7. The number of rotatable bonds is 26. The SMILES string of the molecule is BrCCOCCBr.CC1(C)C2CCC1(CS(=O)(=O)O)C(=O)C2.CC1(C)C2CCC1(CS)C(=O)C2.CC1(C)C2CCC1(CS)C(N1CCOCC1)C2.CC1(C)C2CCC1(CSCc1ccccc1)/C(=N\O)C2.CC1(C)C2CCC1(CSCc1ccccc1)C(=O)C2.CC1(C)C2CCC1(CSCc1ccccc1)C(N)C2.CC1(C)C2CCC1(CSCc1ccccc1)C(N1CCOCC1)C2. The quantitative estimate of drug-likeness (QED) is 0.00992. The molecule has 2 aliphatic heterocycles. The lowest BCUT2D eigenvalue weighted by atomic mass is 9.68. The summed E-state index contributed by atoms with van der Waals surface area (Å²) in [5, 5.41) is 14.9. The number of oxime groups is 1. The van der Waals surface area contributed by atoms with Crippen LogP contribution in [0.1, 0.15) is 254 Å². The van der Waals surface area contributed by atoms with Gasteiger partial charge in [0.05, 0.1) is 56.5 Å². The average Bonchev–Trinajstić information content (AvgIpc) is 1.54. The maximum absolute atomic E-state index is 12.4. The van der Waals surface area contributed by atoms with E-state index in [-0.39, 0.29) is 49.6 Å². The first kappa shape index (κ1) is 108. The molecule has 2 saturated heterocycles. The minimum absolute atomic E-state index is 0.0152. The standard InChI is InChI=1S/C21H31NOS.C17H23NOS.C17H25NS.C17H22OS.C14H25NOS.C10H16O4S.C10H16OS.C4H8Br2O/c1-20(2)18-8-9-21(20,16-24-15-17-6-4-3-5-7-17)19(14-18)22-10-12-23-13-11-22;1-16(2)14-8-9-17(16,15(10-14)18-19)12-20-11-13-6-4-3-5-7-13;2*1-16(2)14-8-9-17(16,15(18)10-14)12-19-11-13-6-4-3-5-7-13;1-13(2)11-3-4-14(13,10-17)12(9-11)15-5-7-16-8-6-15;1-9(2)7-3-4-10(9,8(11)5-7)6-15(12,13)14;1-9(2)7-3-4-10(9,6-12)8(11)5-7;5-1-3-7-4-2-6/h3-7,18-19H,8-16H2,1-2H3;3-7,14,19H,8-12H2,1-2H3;3-7,14-15H,8-12,18H2,1-2H3;3-7,14H,8-12H2,1-2H3;11-12,17H,3-10H2,1-2H3;7H,3-6H2,1-2H3,(H,12,13,14);7,12H,3-6H2,1-2H3;1-4H2/b;18-15-;;;;;;. The molecule has 16 fully saturated rings. The van der Waals surface area contributed by atoms with E-state index < -0.39 is 21.3 Å². The summed E-state index contributed by atoms with van der Waals surface area (Å²) in [7, 11) is -4.08. The highest BCUT2D eigenvalue weighted by atomic mass is 79.9. The number of hydrogen-bond donors (Lipinski definition) is 5. The molecule has 14 saturated carbocycles. The fourth-order valence-electron chi connectivity index (χ4n) is 29.9. The number of hydrogen-bond acceptors (Lipinski definition) is 19. The van der Waals surface area contributed by atoms with E-state index in [1.807, 2.05) is 37.4 Å². The van der Waals surface area contributed by atoms with Crippen LogP contribution in [0.25, 0.3) is 0 Å². The molecule has 17 atom stereocenters. The number of morpholine rings is 2. The predicted molar refractivity (Wildman–Crippen MR) is 572 cm³/mol. The summed E-state index contributed by atoms with van der Waals surface area (Å²) in [6.45, 7) is 42.6. The van der Waals surface area contributed by atoms with Crippen molar-refractivity contribution in [3.8, 4) is 0 Å². The first-order valence-corrected chi connectivity index (χ1v) is 60.4. The molecule has 0 aromatic heterocycles. The van der Waals surface area contributed by atoms with Gasteiger partial charge in [0, 0.05) is 153 Å². The number of ketones is 3. The number of ether oxygens (including phenoxy) is 3. The highest BCUT2D eigenvalue weighted by Crippen LogP contribution is 2.72. The van der Waals surface area contributed by atoms with Crippen LogP contribution in [0.4, 0.5) is 0 Å². The van der Waals surface area contributed by atoms with Crippen LogP contribution in [0.2, 0.25) is 0 Å². The van der Waals surface area contributed by atoms with Crippen LogP contribution < -0.4 is 5.73 Å². The maximum atomic E-state index is 12.4. The predicted octanol–water partition coefficient (Wildman–Crippen LogP) is 25.2. The zero-order valence-electron chi connectivity index (χ0n) is 83.2. The number of nitrogens with zero attached hydrogens (tertiary/aromatic N) is 3. The van der Waals surface area contributed by atoms with Crippen molar-refractivity contribution < 1.29 is 46.8 Å². The molecule has 14 bridgehead atoms. The summed E-state index contributed by atoms with van der Waals surface area (Å²) in [6.07, 6.45) is 24.2. The highest BCUT2D eigenvalue weighted by molar-refractivity contribution is 9.09. The summed E-state index contributed by atoms with van der Waals surface area (Å²) in [6, 6.07) is 44.9. The Morgan fingerprint density at radius 1 is 0.414 bits per heavy atom. The molecule has 4 N–H and O–H groups in total.